The highest BCUT2D eigenvalue weighted by molar-refractivity contribution is 5.91. The number of methoxy groups -OCH3 is 1. The molecule has 2 fully saturated rings. The summed E-state index contributed by atoms with van der Waals surface area (Å²) in [7, 11) is 1.68. The molecule has 0 bridgehead atoms. The summed E-state index contributed by atoms with van der Waals surface area (Å²) < 4.78 is 11.3. The number of hydrogen-bond acceptors (Lipinski definition) is 3. The van der Waals surface area contributed by atoms with Crippen LogP contribution in [0.1, 0.15) is 40.0 Å². The smallest absolute Gasteiger partial charge is 0.155 e. The first kappa shape index (κ1) is 15.2. The van der Waals surface area contributed by atoms with E-state index in [1.807, 2.05) is 0 Å². The van der Waals surface area contributed by atoms with E-state index in [4.69, 9.17) is 9.47 Å². The SMILES string of the molecule is COCO[C@@H]1[C@@H]2C=CC(=O)C[C@@H]2[C@]2(C)C[C@H](C)C[C@H](C)[C@@H]12. The summed E-state index contributed by atoms with van der Waals surface area (Å²) in [5.74, 6) is 3.02. The number of hydrogen-bond donors (Lipinski definition) is 0. The maximum atomic E-state index is 12.0. The molecule has 3 aliphatic carbocycles. The molecular weight excluding hydrogens is 264 g/mol. The Labute approximate surface area is 128 Å². The summed E-state index contributed by atoms with van der Waals surface area (Å²) in [6.45, 7) is 7.48. The Bertz CT molecular complexity index is 444. The van der Waals surface area contributed by atoms with Gasteiger partial charge in [0.1, 0.15) is 6.79 Å². The van der Waals surface area contributed by atoms with Crippen LogP contribution in [0.2, 0.25) is 0 Å². The van der Waals surface area contributed by atoms with Crippen LogP contribution in [0, 0.1) is 35.0 Å². The van der Waals surface area contributed by atoms with E-state index in [1.165, 1.54) is 12.8 Å². The minimum absolute atomic E-state index is 0.201. The molecule has 0 radical (unpaired) electrons. The number of ketones is 1. The number of rotatable bonds is 3. The predicted octanol–water partition coefficient (Wildman–Crippen LogP) is 3.44. The van der Waals surface area contributed by atoms with Gasteiger partial charge in [0.25, 0.3) is 0 Å². The number of ether oxygens (including phenoxy) is 2. The molecule has 0 heterocycles. The largest absolute Gasteiger partial charge is 0.359 e. The second-order valence-electron chi connectivity index (χ2n) is 7.81. The Morgan fingerprint density at radius 2 is 2.14 bits per heavy atom. The number of carbonyl (C=O) groups is 1. The van der Waals surface area contributed by atoms with Gasteiger partial charge in [-0.25, -0.2) is 0 Å². The van der Waals surface area contributed by atoms with E-state index in [0.717, 1.165) is 5.92 Å². The van der Waals surface area contributed by atoms with E-state index < -0.39 is 0 Å². The van der Waals surface area contributed by atoms with Crippen molar-refractivity contribution in [3.8, 4) is 0 Å². The third-order valence-corrected chi connectivity index (χ3v) is 6.29. The van der Waals surface area contributed by atoms with Gasteiger partial charge in [0.15, 0.2) is 5.78 Å². The van der Waals surface area contributed by atoms with Crippen LogP contribution in [0.5, 0.6) is 0 Å². The molecule has 3 aliphatic rings. The van der Waals surface area contributed by atoms with Crippen molar-refractivity contribution >= 4 is 5.78 Å². The molecule has 0 spiro atoms. The fourth-order valence-corrected chi connectivity index (χ4v) is 5.88. The molecule has 0 unspecified atom stereocenters. The van der Waals surface area contributed by atoms with E-state index in [9.17, 15) is 4.79 Å². The Balaban J connectivity index is 1.96. The molecule has 0 aromatic carbocycles. The molecule has 21 heavy (non-hydrogen) atoms. The molecule has 7 atom stereocenters. The van der Waals surface area contributed by atoms with Crippen molar-refractivity contribution in [2.24, 2.45) is 35.0 Å². The van der Waals surface area contributed by atoms with Crippen LogP contribution in [0.3, 0.4) is 0 Å². The van der Waals surface area contributed by atoms with Crippen LogP contribution < -0.4 is 0 Å². The van der Waals surface area contributed by atoms with Crippen molar-refractivity contribution in [1.82, 2.24) is 0 Å². The van der Waals surface area contributed by atoms with Crippen molar-refractivity contribution in [3.05, 3.63) is 12.2 Å². The average molecular weight is 292 g/mol. The molecule has 3 rings (SSSR count). The summed E-state index contributed by atoms with van der Waals surface area (Å²) in [4.78, 5) is 12.0. The standard InChI is InChI=1S/C18H28O3/c1-11-7-12(2)16-17(21-10-20-4)14-6-5-13(19)8-15(14)18(16,3)9-11/h5-6,11-12,14-17H,7-10H2,1-4H3/t11-,12+,14-,15+,16+,17-,18+/m1/s1. The minimum Gasteiger partial charge on any atom is -0.359 e. The lowest BCUT2D eigenvalue weighted by molar-refractivity contribution is -0.118. The van der Waals surface area contributed by atoms with Gasteiger partial charge in [-0.15, -0.1) is 0 Å². The van der Waals surface area contributed by atoms with Crippen LogP contribution >= 0.6 is 0 Å². The maximum Gasteiger partial charge on any atom is 0.155 e. The summed E-state index contributed by atoms with van der Waals surface area (Å²) in [6, 6.07) is 0. The Kier molecular flexibility index (Phi) is 4.00. The zero-order valence-corrected chi connectivity index (χ0v) is 13.7. The molecule has 118 valence electrons. The van der Waals surface area contributed by atoms with Crippen molar-refractivity contribution in [2.45, 2.75) is 46.1 Å². The first-order valence-corrected chi connectivity index (χ1v) is 8.29. The Morgan fingerprint density at radius 3 is 2.86 bits per heavy atom. The molecule has 0 aromatic heterocycles. The number of fused-ring (bicyclic) bond motifs is 3. The van der Waals surface area contributed by atoms with Crippen molar-refractivity contribution in [1.29, 1.82) is 0 Å². The molecule has 3 nitrogen and oxygen atoms in total. The average Bonchev–Trinajstić information content (AvgIpc) is 2.65. The van der Waals surface area contributed by atoms with Crippen LogP contribution in [-0.2, 0) is 14.3 Å². The van der Waals surface area contributed by atoms with E-state index in [-0.39, 0.29) is 17.3 Å². The van der Waals surface area contributed by atoms with Gasteiger partial charge in [-0.05, 0) is 48.0 Å². The van der Waals surface area contributed by atoms with E-state index in [0.29, 0.717) is 36.9 Å². The van der Waals surface area contributed by atoms with Crippen LogP contribution in [0.25, 0.3) is 0 Å². The van der Waals surface area contributed by atoms with E-state index >= 15 is 0 Å². The van der Waals surface area contributed by atoms with Gasteiger partial charge in [-0.2, -0.15) is 0 Å². The highest BCUT2D eigenvalue weighted by atomic mass is 16.7. The van der Waals surface area contributed by atoms with Crippen molar-refractivity contribution < 1.29 is 14.3 Å². The summed E-state index contributed by atoms with van der Waals surface area (Å²) >= 11 is 0. The minimum atomic E-state index is 0.201. The van der Waals surface area contributed by atoms with Crippen molar-refractivity contribution in [3.63, 3.8) is 0 Å². The number of allylic oxidation sites excluding steroid dienone is 1. The molecule has 0 aromatic rings. The molecule has 2 saturated carbocycles. The van der Waals surface area contributed by atoms with Crippen molar-refractivity contribution in [2.75, 3.05) is 13.9 Å². The normalized spacial score (nSPS) is 49.0. The lowest BCUT2D eigenvalue weighted by Crippen LogP contribution is -2.43. The third kappa shape index (κ3) is 2.39. The summed E-state index contributed by atoms with van der Waals surface area (Å²) in [6.07, 6.45) is 7.28. The Hall–Kier alpha value is -0.670. The lowest BCUT2D eigenvalue weighted by Gasteiger charge is -2.47. The number of carbonyl (C=O) groups excluding carboxylic acids is 1. The van der Waals surface area contributed by atoms with Gasteiger partial charge < -0.3 is 9.47 Å². The molecular formula is C18H28O3. The topological polar surface area (TPSA) is 35.5 Å². The monoisotopic (exact) mass is 292 g/mol. The molecule has 3 heteroatoms. The second-order valence-corrected chi connectivity index (χ2v) is 7.81. The van der Waals surface area contributed by atoms with Gasteiger partial charge in [-0.3, -0.25) is 4.79 Å². The summed E-state index contributed by atoms with van der Waals surface area (Å²) in [5, 5.41) is 0. The zero-order valence-electron chi connectivity index (χ0n) is 13.7. The van der Waals surface area contributed by atoms with E-state index in [1.54, 1.807) is 13.2 Å². The lowest BCUT2D eigenvalue weighted by atomic mass is 9.57. The Morgan fingerprint density at radius 1 is 1.38 bits per heavy atom. The molecule has 0 amide bonds. The molecule has 0 aliphatic heterocycles. The fraction of sp³-hybridized carbons (Fsp3) is 0.833. The van der Waals surface area contributed by atoms with Gasteiger partial charge >= 0.3 is 0 Å². The van der Waals surface area contributed by atoms with Gasteiger partial charge in [0.05, 0.1) is 6.10 Å². The van der Waals surface area contributed by atoms with E-state index in [2.05, 4.69) is 26.8 Å². The van der Waals surface area contributed by atoms with Crippen LogP contribution in [0.15, 0.2) is 12.2 Å². The predicted molar refractivity (Wildman–Crippen MR) is 81.7 cm³/mol. The van der Waals surface area contributed by atoms with Crippen LogP contribution in [0.4, 0.5) is 0 Å². The third-order valence-electron chi connectivity index (χ3n) is 6.29. The highest BCUT2D eigenvalue weighted by Gasteiger charge is 2.61. The van der Waals surface area contributed by atoms with Gasteiger partial charge in [-0.1, -0.05) is 26.8 Å². The van der Waals surface area contributed by atoms with Crippen LogP contribution in [-0.4, -0.2) is 25.8 Å². The van der Waals surface area contributed by atoms with Gasteiger partial charge in [0, 0.05) is 19.4 Å². The fourth-order valence-electron chi connectivity index (χ4n) is 5.88. The summed E-state index contributed by atoms with van der Waals surface area (Å²) in [5.41, 5.74) is 0.223. The highest BCUT2D eigenvalue weighted by Crippen LogP contribution is 2.63. The second kappa shape index (κ2) is 5.51. The maximum absolute atomic E-state index is 12.0. The molecule has 0 saturated heterocycles. The first-order valence-electron chi connectivity index (χ1n) is 8.29. The molecule has 0 N–H and O–H groups in total. The van der Waals surface area contributed by atoms with Gasteiger partial charge in [0.2, 0.25) is 0 Å². The first-order chi connectivity index (χ1) is 9.97. The quantitative estimate of drug-likeness (QED) is 0.748. The zero-order chi connectivity index (χ0) is 15.2.